The van der Waals surface area contributed by atoms with Crippen LogP contribution in [0.2, 0.25) is 0 Å². The lowest BCUT2D eigenvalue weighted by atomic mass is 10.1. The Labute approximate surface area is 121 Å². The Kier molecular flexibility index (Phi) is 3.79. The van der Waals surface area contributed by atoms with Gasteiger partial charge in [0.15, 0.2) is 0 Å². The molecule has 1 aromatic heterocycles. The zero-order chi connectivity index (χ0) is 14.1. The minimum atomic E-state index is 0.579. The minimum Gasteiger partial charge on any atom is -0.342 e. The Bertz CT molecular complexity index is 585. The number of benzene rings is 1. The molecule has 3 nitrogen and oxygen atoms in total. The quantitative estimate of drug-likeness (QED) is 0.919. The number of rotatable bonds is 4. The maximum absolute atomic E-state index is 4.78. The van der Waals surface area contributed by atoms with Crippen LogP contribution in [0.3, 0.4) is 0 Å². The number of hydrogen-bond donors (Lipinski definition) is 1. The van der Waals surface area contributed by atoms with Gasteiger partial charge in [0, 0.05) is 12.5 Å². The highest BCUT2D eigenvalue weighted by molar-refractivity contribution is 5.75. The van der Waals surface area contributed by atoms with Crippen LogP contribution in [0.15, 0.2) is 18.2 Å². The van der Waals surface area contributed by atoms with E-state index in [9.17, 15) is 0 Å². The van der Waals surface area contributed by atoms with Gasteiger partial charge in [-0.15, -0.1) is 0 Å². The highest BCUT2D eigenvalue weighted by atomic mass is 15.2. The third-order valence-corrected chi connectivity index (χ3v) is 4.34. The molecule has 1 aromatic carbocycles. The second-order valence-electron chi connectivity index (χ2n) is 6.61. The first-order valence-corrected chi connectivity index (χ1v) is 7.80. The molecule has 20 heavy (non-hydrogen) atoms. The van der Waals surface area contributed by atoms with Gasteiger partial charge in [-0.25, -0.2) is 4.98 Å². The second-order valence-corrected chi connectivity index (χ2v) is 6.61. The van der Waals surface area contributed by atoms with Gasteiger partial charge in [0.2, 0.25) is 0 Å². The monoisotopic (exact) mass is 271 g/mol. The number of aromatic amines is 1. The summed E-state index contributed by atoms with van der Waals surface area (Å²) in [4.78, 5) is 10.9. The molecule has 0 spiro atoms. The highest BCUT2D eigenvalue weighted by Crippen LogP contribution is 2.27. The zero-order valence-electron chi connectivity index (χ0n) is 12.8. The summed E-state index contributed by atoms with van der Waals surface area (Å²) in [6, 6.07) is 6.45. The van der Waals surface area contributed by atoms with Crippen LogP contribution >= 0.6 is 0 Å². The Morgan fingerprint density at radius 1 is 1.40 bits per heavy atom. The van der Waals surface area contributed by atoms with Crippen LogP contribution < -0.4 is 0 Å². The Morgan fingerprint density at radius 2 is 2.25 bits per heavy atom. The van der Waals surface area contributed by atoms with Crippen molar-refractivity contribution in [1.82, 2.24) is 14.9 Å². The van der Waals surface area contributed by atoms with Crippen LogP contribution in [0.1, 0.15) is 44.0 Å². The van der Waals surface area contributed by atoms with E-state index in [4.69, 9.17) is 4.98 Å². The standard InChI is InChI=1S/C17H25N3/c1-12(2)6-8-20-9-7-14(11-20)17-18-15-5-4-13(3)10-16(15)19-17/h4-5,10,12,14H,6-9,11H2,1-3H3,(H,18,19)/t14-/m0/s1. The van der Waals surface area contributed by atoms with Gasteiger partial charge in [-0.05, 0) is 56.5 Å². The molecule has 1 saturated heterocycles. The first-order valence-electron chi connectivity index (χ1n) is 7.80. The van der Waals surface area contributed by atoms with Gasteiger partial charge in [0.05, 0.1) is 11.0 Å². The fraction of sp³-hybridized carbons (Fsp3) is 0.588. The van der Waals surface area contributed by atoms with E-state index in [-0.39, 0.29) is 0 Å². The van der Waals surface area contributed by atoms with Gasteiger partial charge in [-0.1, -0.05) is 19.9 Å². The Hall–Kier alpha value is -1.35. The molecule has 108 valence electrons. The lowest BCUT2D eigenvalue weighted by molar-refractivity contribution is 0.309. The topological polar surface area (TPSA) is 31.9 Å². The summed E-state index contributed by atoms with van der Waals surface area (Å²) < 4.78 is 0. The average molecular weight is 271 g/mol. The number of nitrogens with one attached hydrogen (secondary N) is 1. The van der Waals surface area contributed by atoms with Gasteiger partial charge in [0.25, 0.3) is 0 Å². The Balaban J connectivity index is 1.69. The van der Waals surface area contributed by atoms with E-state index in [0.29, 0.717) is 5.92 Å². The van der Waals surface area contributed by atoms with Crippen molar-refractivity contribution in [3.63, 3.8) is 0 Å². The fourth-order valence-electron chi connectivity index (χ4n) is 3.04. The van der Waals surface area contributed by atoms with E-state index in [1.54, 1.807) is 0 Å². The SMILES string of the molecule is Cc1ccc2nc([C@H]3CCN(CCC(C)C)C3)[nH]c2c1. The van der Waals surface area contributed by atoms with Crippen molar-refractivity contribution < 1.29 is 0 Å². The second kappa shape index (κ2) is 5.57. The van der Waals surface area contributed by atoms with Crippen molar-refractivity contribution in [2.75, 3.05) is 19.6 Å². The summed E-state index contributed by atoms with van der Waals surface area (Å²) in [5.74, 6) is 2.55. The first-order chi connectivity index (χ1) is 9.61. The summed E-state index contributed by atoms with van der Waals surface area (Å²) >= 11 is 0. The van der Waals surface area contributed by atoms with Crippen molar-refractivity contribution in [3.05, 3.63) is 29.6 Å². The molecule has 3 heteroatoms. The minimum absolute atomic E-state index is 0.579. The molecule has 0 unspecified atom stereocenters. The third-order valence-electron chi connectivity index (χ3n) is 4.34. The van der Waals surface area contributed by atoms with Crippen molar-refractivity contribution in [3.8, 4) is 0 Å². The van der Waals surface area contributed by atoms with Gasteiger partial charge >= 0.3 is 0 Å². The fourth-order valence-corrected chi connectivity index (χ4v) is 3.04. The smallest absolute Gasteiger partial charge is 0.111 e. The molecule has 1 fully saturated rings. The van der Waals surface area contributed by atoms with Crippen LogP contribution in [-0.4, -0.2) is 34.5 Å². The van der Waals surface area contributed by atoms with Crippen LogP contribution in [0, 0.1) is 12.8 Å². The normalized spacial score (nSPS) is 20.3. The van der Waals surface area contributed by atoms with E-state index >= 15 is 0 Å². The number of H-pyrrole nitrogens is 1. The molecule has 3 rings (SSSR count). The van der Waals surface area contributed by atoms with E-state index in [0.717, 1.165) is 18.0 Å². The molecule has 0 aliphatic carbocycles. The van der Waals surface area contributed by atoms with Crippen LogP contribution in [0.5, 0.6) is 0 Å². The molecule has 1 N–H and O–H groups in total. The zero-order valence-corrected chi connectivity index (χ0v) is 12.8. The van der Waals surface area contributed by atoms with Gasteiger partial charge in [0.1, 0.15) is 5.82 Å². The highest BCUT2D eigenvalue weighted by Gasteiger charge is 2.25. The largest absolute Gasteiger partial charge is 0.342 e. The van der Waals surface area contributed by atoms with Crippen molar-refractivity contribution in [2.45, 2.75) is 39.5 Å². The molecule has 1 aliphatic rings. The maximum atomic E-state index is 4.78. The summed E-state index contributed by atoms with van der Waals surface area (Å²) in [5, 5.41) is 0. The molecular weight excluding hydrogens is 246 g/mol. The van der Waals surface area contributed by atoms with E-state index < -0.39 is 0 Å². The molecule has 0 radical (unpaired) electrons. The average Bonchev–Trinajstić information content (AvgIpc) is 3.01. The molecular formula is C17H25N3. The predicted molar refractivity (Wildman–Crippen MR) is 84.1 cm³/mol. The number of aryl methyl sites for hydroxylation is 1. The van der Waals surface area contributed by atoms with Crippen LogP contribution in [0.25, 0.3) is 11.0 Å². The van der Waals surface area contributed by atoms with Gasteiger partial charge in [-0.2, -0.15) is 0 Å². The predicted octanol–water partition coefficient (Wildman–Crippen LogP) is 3.71. The third kappa shape index (κ3) is 2.88. The summed E-state index contributed by atoms with van der Waals surface area (Å²) in [5.41, 5.74) is 3.57. The number of fused-ring (bicyclic) bond motifs is 1. The van der Waals surface area contributed by atoms with Crippen molar-refractivity contribution in [1.29, 1.82) is 0 Å². The molecule has 0 bridgehead atoms. The van der Waals surface area contributed by atoms with Crippen LogP contribution in [-0.2, 0) is 0 Å². The van der Waals surface area contributed by atoms with Crippen molar-refractivity contribution in [2.24, 2.45) is 5.92 Å². The maximum Gasteiger partial charge on any atom is 0.111 e. The van der Waals surface area contributed by atoms with Gasteiger partial charge < -0.3 is 9.88 Å². The number of hydrogen-bond acceptors (Lipinski definition) is 2. The van der Waals surface area contributed by atoms with E-state index in [1.807, 2.05) is 0 Å². The first kappa shape index (κ1) is 13.6. The Morgan fingerprint density at radius 3 is 3.05 bits per heavy atom. The number of imidazole rings is 1. The number of aromatic nitrogens is 2. The number of nitrogens with zero attached hydrogens (tertiary/aromatic N) is 2. The summed E-state index contributed by atoms with van der Waals surface area (Å²) in [6.45, 7) is 10.3. The van der Waals surface area contributed by atoms with Crippen molar-refractivity contribution >= 4 is 11.0 Å². The molecule has 1 atom stereocenters. The number of likely N-dealkylation sites (tertiary alicyclic amines) is 1. The molecule has 0 amide bonds. The molecule has 2 aromatic rings. The van der Waals surface area contributed by atoms with Gasteiger partial charge in [-0.3, -0.25) is 0 Å². The molecule has 2 heterocycles. The lowest BCUT2D eigenvalue weighted by Gasteiger charge is -2.16. The summed E-state index contributed by atoms with van der Waals surface area (Å²) in [7, 11) is 0. The molecule has 0 saturated carbocycles. The molecule has 1 aliphatic heterocycles. The summed E-state index contributed by atoms with van der Waals surface area (Å²) in [6.07, 6.45) is 2.53. The lowest BCUT2D eigenvalue weighted by Crippen LogP contribution is -2.22. The van der Waals surface area contributed by atoms with Crippen LogP contribution in [0.4, 0.5) is 0 Å². The van der Waals surface area contributed by atoms with E-state index in [1.165, 1.54) is 42.8 Å². The van der Waals surface area contributed by atoms with E-state index in [2.05, 4.69) is 48.9 Å².